The van der Waals surface area contributed by atoms with Gasteiger partial charge in [0.25, 0.3) is 0 Å². The number of likely N-dealkylation sites (tertiary alicyclic amines) is 2. The lowest BCUT2D eigenvalue weighted by atomic mass is 9.96. The summed E-state index contributed by atoms with van der Waals surface area (Å²) in [5.74, 6) is 1.05. The molecular weight excluding hydrogens is 364 g/mol. The highest BCUT2D eigenvalue weighted by Crippen LogP contribution is 2.26. The highest BCUT2D eigenvalue weighted by Gasteiger charge is 2.34. The van der Waals surface area contributed by atoms with Crippen LogP contribution in [0.15, 0.2) is 18.2 Å². The number of carbonyl (C=O) groups excluding carboxylic acids is 1. The van der Waals surface area contributed by atoms with Crippen molar-refractivity contribution in [3.63, 3.8) is 0 Å². The lowest BCUT2D eigenvalue weighted by Gasteiger charge is -2.40. The Morgan fingerprint density at radius 1 is 1.10 bits per heavy atom. The first-order valence-electron chi connectivity index (χ1n) is 11.2. The molecule has 3 atom stereocenters. The zero-order valence-corrected chi connectivity index (χ0v) is 18.6. The molecule has 1 amide bonds. The molecule has 2 fully saturated rings. The largest absolute Gasteiger partial charge is 0.491 e. The molecule has 5 heteroatoms. The maximum Gasteiger partial charge on any atom is 0.237 e. The summed E-state index contributed by atoms with van der Waals surface area (Å²) in [6.07, 6.45) is 5.64. The zero-order chi connectivity index (χ0) is 21.0. The van der Waals surface area contributed by atoms with E-state index in [0.717, 1.165) is 38.1 Å². The van der Waals surface area contributed by atoms with Crippen molar-refractivity contribution < 1.29 is 14.6 Å². The summed E-state index contributed by atoms with van der Waals surface area (Å²) in [4.78, 5) is 17.2. The Hall–Kier alpha value is -1.59. The first-order chi connectivity index (χ1) is 13.8. The molecule has 0 radical (unpaired) electrons. The van der Waals surface area contributed by atoms with E-state index < -0.39 is 5.60 Å². The minimum absolute atomic E-state index is 0.238. The van der Waals surface area contributed by atoms with Crippen LogP contribution in [0.3, 0.4) is 0 Å². The molecule has 0 aromatic heterocycles. The van der Waals surface area contributed by atoms with Gasteiger partial charge in [-0.25, -0.2) is 0 Å². The highest BCUT2D eigenvalue weighted by molar-refractivity contribution is 5.79. The highest BCUT2D eigenvalue weighted by atomic mass is 16.5. The summed E-state index contributed by atoms with van der Waals surface area (Å²) in [6, 6.07) is 6.72. The normalized spacial score (nSPS) is 28.8. The number of benzene rings is 1. The van der Waals surface area contributed by atoms with Crippen LogP contribution in [0.25, 0.3) is 0 Å². The van der Waals surface area contributed by atoms with Crippen LogP contribution in [0.2, 0.25) is 0 Å². The Kier molecular flexibility index (Phi) is 7.23. The fourth-order valence-electron chi connectivity index (χ4n) is 4.74. The van der Waals surface area contributed by atoms with Crippen molar-refractivity contribution in [3.05, 3.63) is 29.3 Å². The van der Waals surface area contributed by atoms with Gasteiger partial charge in [-0.3, -0.25) is 9.69 Å². The molecule has 0 saturated carbocycles. The van der Waals surface area contributed by atoms with Crippen molar-refractivity contribution in [2.24, 2.45) is 0 Å². The molecule has 3 rings (SSSR count). The Balaban J connectivity index is 1.52. The molecule has 0 bridgehead atoms. The van der Waals surface area contributed by atoms with Crippen molar-refractivity contribution in [1.29, 1.82) is 0 Å². The quantitative estimate of drug-likeness (QED) is 0.816. The number of carbonyl (C=O) groups is 1. The molecule has 5 nitrogen and oxygen atoms in total. The molecule has 2 saturated heterocycles. The van der Waals surface area contributed by atoms with E-state index in [2.05, 4.69) is 43.6 Å². The zero-order valence-electron chi connectivity index (χ0n) is 18.6. The van der Waals surface area contributed by atoms with E-state index in [1.165, 1.54) is 17.5 Å². The fourth-order valence-corrected chi connectivity index (χ4v) is 4.74. The maximum absolute atomic E-state index is 12.9. The number of hydrogen-bond acceptors (Lipinski definition) is 4. The molecule has 1 N–H and O–H groups in total. The number of rotatable bonds is 5. The van der Waals surface area contributed by atoms with Gasteiger partial charge in [-0.1, -0.05) is 6.07 Å². The molecular formula is C24H38N2O3. The number of aryl methyl sites for hydroxylation is 2. The number of aliphatic hydroxyl groups is 1. The second kappa shape index (κ2) is 9.48. The van der Waals surface area contributed by atoms with Gasteiger partial charge in [0.15, 0.2) is 0 Å². The van der Waals surface area contributed by atoms with E-state index in [1.54, 1.807) is 0 Å². The first kappa shape index (κ1) is 22.1. The number of nitrogens with zero attached hydrogens (tertiary/aromatic N) is 2. The average Bonchev–Trinajstić information content (AvgIpc) is 2.85. The van der Waals surface area contributed by atoms with Gasteiger partial charge in [-0.2, -0.15) is 0 Å². The van der Waals surface area contributed by atoms with Gasteiger partial charge in [-0.15, -0.1) is 0 Å². The smallest absolute Gasteiger partial charge is 0.237 e. The first-order valence-corrected chi connectivity index (χ1v) is 11.2. The van der Waals surface area contributed by atoms with Crippen LogP contribution < -0.4 is 4.74 Å². The van der Waals surface area contributed by atoms with Gasteiger partial charge in [0.2, 0.25) is 5.91 Å². The summed E-state index contributed by atoms with van der Waals surface area (Å²) in [5, 5.41) is 11.1. The van der Waals surface area contributed by atoms with E-state index in [0.29, 0.717) is 38.1 Å². The molecule has 3 unspecified atom stereocenters. The van der Waals surface area contributed by atoms with Crippen LogP contribution in [0, 0.1) is 13.8 Å². The lowest BCUT2D eigenvalue weighted by Crippen LogP contribution is -2.51. The van der Waals surface area contributed by atoms with Crippen LogP contribution in [0.1, 0.15) is 63.5 Å². The molecule has 0 spiro atoms. The molecule has 0 aliphatic carbocycles. The van der Waals surface area contributed by atoms with Crippen molar-refractivity contribution in [1.82, 2.24) is 9.80 Å². The monoisotopic (exact) mass is 402 g/mol. The van der Waals surface area contributed by atoms with E-state index in [9.17, 15) is 9.90 Å². The fraction of sp³-hybridized carbons (Fsp3) is 0.708. The topological polar surface area (TPSA) is 53.0 Å². The minimum Gasteiger partial charge on any atom is -0.491 e. The van der Waals surface area contributed by atoms with Gasteiger partial charge in [0, 0.05) is 18.6 Å². The van der Waals surface area contributed by atoms with Gasteiger partial charge < -0.3 is 14.7 Å². The summed E-state index contributed by atoms with van der Waals surface area (Å²) in [6.45, 7) is 10.8. The SMILES string of the molecule is Cc1ccc(OCC2(O)CCCN(CC(=O)N3C(C)CCCC3C)CC2)cc1C. The van der Waals surface area contributed by atoms with E-state index in [-0.39, 0.29) is 5.91 Å². The standard InChI is InChI=1S/C24H38N2O3/c1-18-9-10-22(15-19(18)2)29-17-24(28)11-6-13-25(14-12-24)16-23(27)26-20(3)7-5-8-21(26)4/h9-10,15,20-21,28H,5-8,11-14,16-17H2,1-4H3. The van der Waals surface area contributed by atoms with Crippen molar-refractivity contribution in [2.75, 3.05) is 26.2 Å². The molecule has 1 aromatic carbocycles. The van der Waals surface area contributed by atoms with E-state index in [1.807, 2.05) is 12.1 Å². The predicted molar refractivity (Wildman–Crippen MR) is 116 cm³/mol. The van der Waals surface area contributed by atoms with Crippen molar-refractivity contribution in [2.45, 2.75) is 83.9 Å². The van der Waals surface area contributed by atoms with Crippen LogP contribution in [-0.4, -0.2) is 64.7 Å². The van der Waals surface area contributed by atoms with Gasteiger partial charge in [0.05, 0.1) is 12.1 Å². The van der Waals surface area contributed by atoms with E-state index in [4.69, 9.17) is 4.74 Å². The molecule has 1 aromatic rings. The Morgan fingerprint density at radius 3 is 2.52 bits per heavy atom. The third-order valence-corrected chi connectivity index (χ3v) is 6.84. The molecule has 29 heavy (non-hydrogen) atoms. The van der Waals surface area contributed by atoms with Crippen molar-refractivity contribution >= 4 is 5.91 Å². The Labute approximate surface area is 176 Å². The molecule has 162 valence electrons. The summed E-state index contributed by atoms with van der Waals surface area (Å²) in [7, 11) is 0. The third kappa shape index (κ3) is 5.73. The summed E-state index contributed by atoms with van der Waals surface area (Å²) in [5.41, 5.74) is 1.60. The Bertz CT molecular complexity index is 697. The second-order valence-corrected chi connectivity index (χ2v) is 9.32. The average molecular weight is 403 g/mol. The van der Waals surface area contributed by atoms with Crippen molar-refractivity contribution in [3.8, 4) is 5.75 Å². The summed E-state index contributed by atoms with van der Waals surface area (Å²) >= 11 is 0. The van der Waals surface area contributed by atoms with Crippen LogP contribution in [0.4, 0.5) is 0 Å². The third-order valence-electron chi connectivity index (χ3n) is 6.84. The van der Waals surface area contributed by atoms with E-state index >= 15 is 0 Å². The number of ether oxygens (including phenoxy) is 1. The summed E-state index contributed by atoms with van der Waals surface area (Å²) < 4.78 is 5.94. The van der Waals surface area contributed by atoms with Crippen LogP contribution >= 0.6 is 0 Å². The molecule has 2 aliphatic heterocycles. The van der Waals surface area contributed by atoms with Crippen LogP contribution in [0.5, 0.6) is 5.75 Å². The minimum atomic E-state index is -0.831. The van der Waals surface area contributed by atoms with Gasteiger partial charge in [-0.05, 0) is 96.0 Å². The van der Waals surface area contributed by atoms with Gasteiger partial charge in [0.1, 0.15) is 12.4 Å². The van der Waals surface area contributed by atoms with Gasteiger partial charge >= 0.3 is 0 Å². The molecule has 2 heterocycles. The second-order valence-electron chi connectivity index (χ2n) is 9.32. The number of hydrogen-bond donors (Lipinski definition) is 1. The lowest BCUT2D eigenvalue weighted by molar-refractivity contribution is -0.138. The maximum atomic E-state index is 12.9. The van der Waals surface area contributed by atoms with Crippen LogP contribution in [-0.2, 0) is 4.79 Å². The Morgan fingerprint density at radius 2 is 1.83 bits per heavy atom. The molecule has 2 aliphatic rings. The number of amides is 1. The number of piperidine rings is 1. The predicted octanol–water partition coefficient (Wildman–Crippen LogP) is 3.69.